The van der Waals surface area contributed by atoms with Crippen molar-refractivity contribution >= 4 is 11.6 Å². The molecule has 2 aromatic rings. The maximum Gasteiger partial charge on any atom is 0.217 e. The van der Waals surface area contributed by atoms with Crippen LogP contribution in [0, 0.1) is 6.92 Å². The van der Waals surface area contributed by atoms with Crippen LogP contribution in [0.5, 0.6) is 5.88 Å². The van der Waals surface area contributed by atoms with Crippen LogP contribution in [0.3, 0.4) is 0 Å². The van der Waals surface area contributed by atoms with E-state index >= 15 is 0 Å². The van der Waals surface area contributed by atoms with Crippen molar-refractivity contribution in [2.45, 2.75) is 13.0 Å². The monoisotopic (exact) mass is 266 g/mol. The number of rotatable bonds is 3. The lowest BCUT2D eigenvalue weighted by Crippen LogP contribution is -2.03. The summed E-state index contributed by atoms with van der Waals surface area (Å²) in [4.78, 5) is 0. The van der Waals surface area contributed by atoms with Gasteiger partial charge in [0.05, 0.1) is 18.4 Å². The van der Waals surface area contributed by atoms with Crippen LogP contribution < -0.4 is 4.74 Å². The molecule has 0 spiro atoms. The van der Waals surface area contributed by atoms with E-state index in [1.165, 1.54) is 0 Å². The fraction of sp³-hybridized carbons (Fsp3) is 0.308. The van der Waals surface area contributed by atoms with E-state index in [-0.39, 0.29) is 0 Å². The third kappa shape index (κ3) is 2.21. The van der Waals surface area contributed by atoms with Crippen LogP contribution in [0.4, 0.5) is 0 Å². The minimum absolute atomic E-state index is 0.565. The quantitative estimate of drug-likeness (QED) is 0.928. The van der Waals surface area contributed by atoms with Crippen LogP contribution in [-0.2, 0) is 7.05 Å². The van der Waals surface area contributed by atoms with E-state index in [1.54, 1.807) is 43.1 Å². The topological polar surface area (TPSA) is 47.3 Å². The standard InChI is InChI=1S/C13H15ClN2O2/c1-8-11(13(18-3)16(2)15-8)12(17)9-4-6-10(14)7-5-9/h4-7,12,17H,1-3H3. The molecule has 2 rings (SSSR count). The molecule has 5 heteroatoms. The molecule has 1 aromatic heterocycles. The van der Waals surface area contributed by atoms with Gasteiger partial charge in [-0.3, -0.25) is 0 Å². The second kappa shape index (κ2) is 5.00. The van der Waals surface area contributed by atoms with Gasteiger partial charge in [-0.1, -0.05) is 23.7 Å². The first kappa shape index (κ1) is 12.9. The molecule has 0 aliphatic carbocycles. The van der Waals surface area contributed by atoms with Gasteiger partial charge in [0.25, 0.3) is 0 Å². The highest BCUT2D eigenvalue weighted by atomic mass is 35.5. The normalized spacial score (nSPS) is 12.5. The van der Waals surface area contributed by atoms with Crippen molar-refractivity contribution in [3.8, 4) is 5.88 Å². The number of nitrogens with zero attached hydrogens (tertiary/aromatic N) is 2. The third-order valence-corrected chi connectivity index (χ3v) is 3.12. The van der Waals surface area contributed by atoms with Crippen molar-refractivity contribution < 1.29 is 9.84 Å². The summed E-state index contributed by atoms with van der Waals surface area (Å²) >= 11 is 5.83. The molecule has 0 fully saturated rings. The predicted octanol–water partition coefficient (Wildman–Crippen LogP) is 2.47. The van der Waals surface area contributed by atoms with Crippen LogP contribution in [0.1, 0.15) is 22.9 Å². The minimum Gasteiger partial charge on any atom is -0.481 e. The second-order valence-corrected chi connectivity index (χ2v) is 4.52. The predicted molar refractivity (Wildman–Crippen MR) is 70.0 cm³/mol. The molecule has 96 valence electrons. The molecule has 0 radical (unpaired) electrons. The van der Waals surface area contributed by atoms with E-state index in [0.717, 1.165) is 11.3 Å². The van der Waals surface area contributed by atoms with Crippen molar-refractivity contribution in [3.63, 3.8) is 0 Å². The van der Waals surface area contributed by atoms with Crippen LogP contribution in [0.2, 0.25) is 5.02 Å². The van der Waals surface area contributed by atoms with Crippen molar-refractivity contribution in [1.29, 1.82) is 0 Å². The van der Waals surface area contributed by atoms with Gasteiger partial charge in [0.15, 0.2) is 0 Å². The molecule has 0 amide bonds. The van der Waals surface area contributed by atoms with Crippen LogP contribution in [0.15, 0.2) is 24.3 Å². The number of aliphatic hydroxyl groups is 1. The molecule has 0 aliphatic heterocycles. The van der Waals surface area contributed by atoms with Gasteiger partial charge in [0.2, 0.25) is 5.88 Å². The Morgan fingerprint density at radius 3 is 2.50 bits per heavy atom. The Bertz CT molecular complexity index is 549. The minimum atomic E-state index is -0.772. The number of hydrogen-bond donors (Lipinski definition) is 1. The average Bonchev–Trinajstić information content (AvgIpc) is 2.63. The molecule has 0 saturated heterocycles. The molecule has 18 heavy (non-hydrogen) atoms. The lowest BCUT2D eigenvalue weighted by atomic mass is 10.0. The Morgan fingerprint density at radius 1 is 1.33 bits per heavy atom. The molecule has 1 N–H and O–H groups in total. The summed E-state index contributed by atoms with van der Waals surface area (Å²) < 4.78 is 6.89. The van der Waals surface area contributed by atoms with E-state index in [9.17, 15) is 5.11 Å². The first-order chi connectivity index (χ1) is 8.54. The molecule has 0 saturated carbocycles. The Labute approximate surface area is 111 Å². The van der Waals surface area contributed by atoms with Crippen LogP contribution in [0.25, 0.3) is 0 Å². The Balaban J connectivity index is 2.45. The fourth-order valence-corrected chi connectivity index (χ4v) is 2.15. The first-order valence-corrected chi connectivity index (χ1v) is 5.93. The van der Waals surface area contributed by atoms with Gasteiger partial charge in [-0.25, -0.2) is 4.68 Å². The van der Waals surface area contributed by atoms with E-state index in [4.69, 9.17) is 16.3 Å². The molecule has 1 atom stereocenters. The lowest BCUT2D eigenvalue weighted by Gasteiger charge is -2.12. The summed E-state index contributed by atoms with van der Waals surface area (Å²) in [5.74, 6) is 0.565. The Morgan fingerprint density at radius 2 is 1.94 bits per heavy atom. The van der Waals surface area contributed by atoms with Crippen molar-refractivity contribution in [2.24, 2.45) is 7.05 Å². The highest BCUT2D eigenvalue weighted by molar-refractivity contribution is 6.30. The van der Waals surface area contributed by atoms with Crippen molar-refractivity contribution in [1.82, 2.24) is 9.78 Å². The summed E-state index contributed by atoms with van der Waals surface area (Å²) in [6, 6.07) is 7.08. The highest BCUT2D eigenvalue weighted by Gasteiger charge is 2.22. The van der Waals surface area contributed by atoms with Crippen LogP contribution in [-0.4, -0.2) is 22.0 Å². The zero-order valence-electron chi connectivity index (χ0n) is 10.5. The number of hydrogen-bond acceptors (Lipinski definition) is 3. The van der Waals surface area contributed by atoms with E-state index in [1.807, 2.05) is 6.92 Å². The summed E-state index contributed by atoms with van der Waals surface area (Å²) in [5, 5.41) is 15.3. The number of ether oxygens (including phenoxy) is 1. The number of aromatic nitrogens is 2. The summed E-state index contributed by atoms with van der Waals surface area (Å²) in [7, 11) is 3.35. The van der Waals surface area contributed by atoms with Gasteiger partial charge in [0.1, 0.15) is 6.10 Å². The molecule has 1 unspecified atom stereocenters. The Hall–Kier alpha value is -1.52. The molecule has 1 heterocycles. The van der Waals surface area contributed by atoms with E-state index < -0.39 is 6.10 Å². The number of halogens is 1. The van der Waals surface area contributed by atoms with E-state index in [2.05, 4.69) is 5.10 Å². The molecule has 4 nitrogen and oxygen atoms in total. The van der Waals surface area contributed by atoms with Gasteiger partial charge in [-0.2, -0.15) is 5.10 Å². The summed E-state index contributed by atoms with van der Waals surface area (Å²) in [5.41, 5.74) is 2.19. The van der Waals surface area contributed by atoms with Gasteiger partial charge in [-0.15, -0.1) is 0 Å². The summed E-state index contributed by atoms with van der Waals surface area (Å²) in [6.45, 7) is 1.84. The zero-order valence-corrected chi connectivity index (χ0v) is 11.3. The number of aliphatic hydroxyl groups excluding tert-OH is 1. The largest absolute Gasteiger partial charge is 0.481 e. The average molecular weight is 267 g/mol. The fourth-order valence-electron chi connectivity index (χ4n) is 2.02. The van der Waals surface area contributed by atoms with Crippen molar-refractivity contribution in [3.05, 3.63) is 46.1 Å². The molecule has 1 aromatic carbocycles. The first-order valence-electron chi connectivity index (χ1n) is 5.55. The summed E-state index contributed by atoms with van der Waals surface area (Å²) in [6.07, 6.45) is -0.772. The van der Waals surface area contributed by atoms with Gasteiger partial charge >= 0.3 is 0 Å². The number of methoxy groups -OCH3 is 1. The van der Waals surface area contributed by atoms with Crippen LogP contribution >= 0.6 is 11.6 Å². The van der Waals surface area contributed by atoms with Crippen molar-refractivity contribution in [2.75, 3.05) is 7.11 Å². The SMILES string of the molecule is COc1c(C(O)c2ccc(Cl)cc2)c(C)nn1C. The Kier molecular flexibility index (Phi) is 3.59. The number of benzene rings is 1. The highest BCUT2D eigenvalue weighted by Crippen LogP contribution is 2.32. The smallest absolute Gasteiger partial charge is 0.217 e. The zero-order chi connectivity index (χ0) is 13.3. The number of aryl methyl sites for hydroxylation is 2. The van der Waals surface area contributed by atoms with Gasteiger partial charge < -0.3 is 9.84 Å². The maximum absolute atomic E-state index is 10.4. The third-order valence-electron chi connectivity index (χ3n) is 2.87. The molecular weight excluding hydrogens is 252 g/mol. The van der Waals surface area contributed by atoms with Gasteiger partial charge in [-0.05, 0) is 24.6 Å². The van der Waals surface area contributed by atoms with E-state index in [0.29, 0.717) is 16.5 Å². The van der Waals surface area contributed by atoms with Gasteiger partial charge in [0, 0.05) is 12.1 Å². The maximum atomic E-state index is 10.4. The molecule has 0 aliphatic rings. The lowest BCUT2D eigenvalue weighted by molar-refractivity contribution is 0.213. The molecular formula is C13H15ClN2O2. The second-order valence-electron chi connectivity index (χ2n) is 4.09. The molecule has 0 bridgehead atoms.